The van der Waals surface area contributed by atoms with Gasteiger partial charge >= 0.3 is 5.97 Å². The predicted octanol–water partition coefficient (Wildman–Crippen LogP) is 2.29. The Balaban J connectivity index is 2.16. The third-order valence-electron chi connectivity index (χ3n) is 2.76. The SMILES string of the molecule is O=C(O)C1CN(C(=O)c2cc(F)c(Cl)cc2Cl)C1. The van der Waals surface area contributed by atoms with Crippen LogP contribution in [0.25, 0.3) is 0 Å². The minimum absolute atomic E-state index is 0.0117. The number of likely N-dealkylation sites (tertiary alicyclic amines) is 1. The van der Waals surface area contributed by atoms with Crippen LogP contribution in [-0.4, -0.2) is 35.0 Å². The molecule has 1 aliphatic heterocycles. The molecule has 1 aromatic carbocycles. The lowest BCUT2D eigenvalue weighted by Gasteiger charge is -2.36. The minimum Gasteiger partial charge on any atom is -0.481 e. The standard InChI is InChI=1S/C11H8Cl2FNO3/c12-7-2-8(13)9(14)1-6(7)10(16)15-3-5(4-15)11(17)18/h1-2,5H,3-4H2,(H,17,18). The van der Waals surface area contributed by atoms with E-state index in [-0.39, 0.29) is 28.7 Å². The van der Waals surface area contributed by atoms with Crippen molar-refractivity contribution in [2.75, 3.05) is 13.1 Å². The zero-order valence-corrected chi connectivity index (χ0v) is 10.5. The van der Waals surface area contributed by atoms with Crippen LogP contribution in [-0.2, 0) is 4.79 Å². The highest BCUT2D eigenvalue weighted by Gasteiger charge is 2.36. The van der Waals surface area contributed by atoms with Gasteiger partial charge in [-0.3, -0.25) is 9.59 Å². The highest BCUT2D eigenvalue weighted by Crippen LogP contribution is 2.27. The van der Waals surface area contributed by atoms with Gasteiger partial charge in [0.15, 0.2) is 0 Å². The predicted molar refractivity (Wildman–Crippen MR) is 63.4 cm³/mol. The molecule has 96 valence electrons. The number of amides is 1. The molecular weight excluding hydrogens is 284 g/mol. The second kappa shape index (κ2) is 4.74. The van der Waals surface area contributed by atoms with Gasteiger partial charge < -0.3 is 10.0 Å². The summed E-state index contributed by atoms with van der Waals surface area (Å²) in [5, 5.41) is 8.58. The second-order valence-electron chi connectivity index (χ2n) is 3.99. The van der Waals surface area contributed by atoms with Crippen molar-refractivity contribution in [1.82, 2.24) is 4.90 Å². The average molecular weight is 292 g/mol. The summed E-state index contributed by atoms with van der Waals surface area (Å²) in [6.45, 7) is 0.212. The highest BCUT2D eigenvalue weighted by atomic mass is 35.5. The Morgan fingerprint density at radius 2 is 1.89 bits per heavy atom. The second-order valence-corrected chi connectivity index (χ2v) is 4.81. The summed E-state index contributed by atoms with van der Waals surface area (Å²) in [5.41, 5.74) is -0.0117. The molecule has 1 amide bonds. The van der Waals surface area contributed by atoms with Gasteiger partial charge in [-0.2, -0.15) is 0 Å². The van der Waals surface area contributed by atoms with E-state index in [1.54, 1.807) is 0 Å². The summed E-state index contributed by atoms with van der Waals surface area (Å²) in [6.07, 6.45) is 0. The fourth-order valence-corrected chi connectivity index (χ4v) is 2.12. The van der Waals surface area contributed by atoms with Crippen molar-refractivity contribution in [3.8, 4) is 0 Å². The molecule has 0 aromatic heterocycles. The van der Waals surface area contributed by atoms with E-state index in [1.807, 2.05) is 0 Å². The van der Waals surface area contributed by atoms with Crippen LogP contribution in [0.3, 0.4) is 0 Å². The summed E-state index contributed by atoms with van der Waals surface area (Å²) >= 11 is 11.3. The van der Waals surface area contributed by atoms with Crippen LogP contribution in [0, 0.1) is 11.7 Å². The molecule has 1 aromatic rings. The number of carbonyl (C=O) groups is 2. The number of halogens is 3. The summed E-state index contributed by atoms with van der Waals surface area (Å²) in [7, 11) is 0. The number of hydrogen-bond donors (Lipinski definition) is 1. The number of nitrogens with zero attached hydrogens (tertiary/aromatic N) is 1. The third kappa shape index (κ3) is 2.28. The molecule has 1 aliphatic rings. The first-order valence-electron chi connectivity index (χ1n) is 5.06. The van der Waals surface area contributed by atoms with Crippen LogP contribution in [0.15, 0.2) is 12.1 Å². The van der Waals surface area contributed by atoms with Crippen molar-refractivity contribution in [2.45, 2.75) is 0 Å². The van der Waals surface area contributed by atoms with E-state index in [1.165, 1.54) is 4.90 Å². The van der Waals surface area contributed by atoms with Gasteiger partial charge in [-0.1, -0.05) is 23.2 Å². The normalized spacial score (nSPS) is 15.4. The van der Waals surface area contributed by atoms with E-state index >= 15 is 0 Å². The van der Waals surface area contributed by atoms with Crippen LogP contribution in [0.2, 0.25) is 10.0 Å². The first kappa shape index (κ1) is 13.1. The number of benzene rings is 1. The van der Waals surface area contributed by atoms with Crippen molar-refractivity contribution in [1.29, 1.82) is 0 Å². The van der Waals surface area contributed by atoms with E-state index in [0.717, 1.165) is 12.1 Å². The maximum absolute atomic E-state index is 13.3. The monoisotopic (exact) mass is 291 g/mol. The summed E-state index contributed by atoms with van der Waals surface area (Å²) in [6, 6.07) is 2.11. The molecule has 0 unspecified atom stereocenters. The lowest BCUT2D eigenvalue weighted by molar-refractivity contribution is -0.146. The number of carbonyl (C=O) groups excluding carboxylic acids is 1. The molecule has 4 nitrogen and oxygen atoms in total. The van der Waals surface area contributed by atoms with Gasteiger partial charge in [0.25, 0.3) is 5.91 Å². The molecular formula is C11H8Cl2FNO3. The Labute approximate surface area is 112 Å². The average Bonchev–Trinajstić information content (AvgIpc) is 2.20. The smallest absolute Gasteiger partial charge is 0.310 e. The maximum Gasteiger partial charge on any atom is 0.310 e. The first-order valence-corrected chi connectivity index (χ1v) is 5.82. The zero-order chi connectivity index (χ0) is 13.4. The van der Waals surface area contributed by atoms with Crippen molar-refractivity contribution in [3.63, 3.8) is 0 Å². The van der Waals surface area contributed by atoms with E-state index < -0.39 is 23.6 Å². The maximum atomic E-state index is 13.3. The first-order chi connectivity index (χ1) is 8.40. The molecule has 0 aliphatic carbocycles. The van der Waals surface area contributed by atoms with Gasteiger partial charge in [0.1, 0.15) is 5.82 Å². The van der Waals surface area contributed by atoms with Gasteiger partial charge in [-0.25, -0.2) is 4.39 Å². The summed E-state index contributed by atoms with van der Waals surface area (Å²) in [4.78, 5) is 23.8. The van der Waals surface area contributed by atoms with E-state index in [4.69, 9.17) is 28.3 Å². The Hall–Kier alpha value is -1.33. The topological polar surface area (TPSA) is 57.6 Å². The fourth-order valence-electron chi connectivity index (χ4n) is 1.66. The number of aliphatic carboxylic acids is 1. The number of hydrogen-bond acceptors (Lipinski definition) is 2. The van der Waals surface area contributed by atoms with Crippen molar-refractivity contribution in [3.05, 3.63) is 33.6 Å². The quantitative estimate of drug-likeness (QED) is 0.851. The number of rotatable bonds is 2. The van der Waals surface area contributed by atoms with Gasteiger partial charge in [-0.05, 0) is 12.1 Å². The molecule has 18 heavy (non-hydrogen) atoms. The van der Waals surface area contributed by atoms with Crippen LogP contribution in [0.4, 0.5) is 4.39 Å². The zero-order valence-electron chi connectivity index (χ0n) is 8.99. The molecule has 0 radical (unpaired) electrons. The van der Waals surface area contributed by atoms with Crippen molar-refractivity contribution >= 4 is 35.1 Å². The molecule has 1 saturated heterocycles. The molecule has 0 spiro atoms. The van der Waals surface area contributed by atoms with E-state index in [0.29, 0.717) is 0 Å². The largest absolute Gasteiger partial charge is 0.481 e. The van der Waals surface area contributed by atoms with E-state index in [9.17, 15) is 14.0 Å². The van der Waals surface area contributed by atoms with Gasteiger partial charge in [0, 0.05) is 13.1 Å². The van der Waals surface area contributed by atoms with Crippen LogP contribution < -0.4 is 0 Å². The molecule has 7 heteroatoms. The number of carboxylic acid groups (broad SMARTS) is 1. The molecule has 1 heterocycles. The Morgan fingerprint density at radius 1 is 1.28 bits per heavy atom. The summed E-state index contributed by atoms with van der Waals surface area (Å²) in [5.74, 6) is -2.75. The molecule has 0 saturated carbocycles. The summed E-state index contributed by atoms with van der Waals surface area (Å²) < 4.78 is 13.3. The molecule has 0 bridgehead atoms. The molecule has 1 fully saturated rings. The van der Waals surface area contributed by atoms with Crippen LogP contribution in [0.5, 0.6) is 0 Å². The fraction of sp³-hybridized carbons (Fsp3) is 0.273. The molecule has 0 atom stereocenters. The lowest BCUT2D eigenvalue weighted by Crippen LogP contribution is -2.53. The third-order valence-corrected chi connectivity index (χ3v) is 3.36. The highest BCUT2D eigenvalue weighted by molar-refractivity contribution is 6.36. The Bertz CT molecular complexity index is 529. The van der Waals surface area contributed by atoms with Crippen LogP contribution >= 0.6 is 23.2 Å². The molecule has 2 rings (SSSR count). The Morgan fingerprint density at radius 3 is 2.44 bits per heavy atom. The lowest BCUT2D eigenvalue weighted by atomic mass is 9.99. The van der Waals surface area contributed by atoms with Crippen molar-refractivity contribution < 1.29 is 19.1 Å². The van der Waals surface area contributed by atoms with Gasteiger partial charge in [0.2, 0.25) is 0 Å². The number of carboxylic acids is 1. The minimum atomic E-state index is -0.951. The van der Waals surface area contributed by atoms with Crippen LogP contribution in [0.1, 0.15) is 10.4 Å². The molecule has 1 N–H and O–H groups in total. The van der Waals surface area contributed by atoms with Gasteiger partial charge in [0.05, 0.1) is 21.5 Å². The Kier molecular flexibility index (Phi) is 3.45. The van der Waals surface area contributed by atoms with E-state index in [2.05, 4.69) is 0 Å². The van der Waals surface area contributed by atoms with Crippen molar-refractivity contribution in [2.24, 2.45) is 5.92 Å². The van der Waals surface area contributed by atoms with Gasteiger partial charge in [-0.15, -0.1) is 0 Å².